The topological polar surface area (TPSA) is 73.3 Å². The van der Waals surface area contributed by atoms with E-state index in [1.165, 1.54) is 25.7 Å². The normalized spacial score (nSPS) is 24.6. The second-order valence-electron chi connectivity index (χ2n) is 6.99. The Kier molecular flexibility index (Phi) is 7.45. The lowest BCUT2D eigenvalue weighted by Crippen LogP contribution is -2.54. The van der Waals surface area contributed by atoms with E-state index in [4.69, 9.17) is 9.84 Å². The Morgan fingerprint density at radius 2 is 1.88 bits per heavy atom. The molecule has 2 aliphatic heterocycles. The van der Waals surface area contributed by atoms with Crippen LogP contribution in [0.4, 0.5) is 0 Å². The van der Waals surface area contributed by atoms with E-state index in [1.807, 2.05) is 11.8 Å². The van der Waals surface area contributed by atoms with E-state index < -0.39 is 5.97 Å². The van der Waals surface area contributed by atoms with Crippen LogP contribution in [0.3, 0.4) is 0 Å². The first-order valence-corrected chi connectivity index (χ1v) is 9.02. The highest BCUT2D eigenvalue weighted by Gasteiger charge is 2.30. The molecule has 2 atom stereocenters. The molecule has 0 aromatic rings. The molecule has 0 spiro atoms. The van der Waals surface area contributed by atoms with Crippen LogP contribution in [0.5, 0.6) is 0 Å². The highest BCUT2D eigenvalue weighted by Crippen LogP contribution is 2.15. The fraction of sp³-hybridized carbons (Fsp3) is 0.882. The number of nitrogens with zero attached hydrogens (tertiary/aromatic N) is 3. The van der Waals surface area contributed by atoms with Crippen molar-refractivity contribution in [3.05, 3.63) is 0 Å². The molecule has 1 N–H and O–H groups in total. The van der Waals surface area contributed by atoms with Gasteiger partial charge in [0.1, 0.15) is 0 Å². The average molecular weight is 341 g/mol. The van der Waals surface area contributed by atoms with E-state index in [2.05, 4.69) is 4.90 Å². The van der Waals surface area contributed by atoms with Crippen LogP contribution in [0.1, 0.15) is 32.6 Å². The number of ether oxygens (including phenoxy) is 1. The number of hydrogen-bond donors (Lipinski definition) is 1. The second kappa shape index (κ2) is 9.34. The molecule has 0 aromatic heterocycles. The summed E-state index contributed by atoms with van der Waals surface area (Å²) in [5.74, 6) is -0.679. The minimum absolute atomic E-state index is 0.0159. The summed E-state index contributed by atoms with van der Waals surface area (Å²) in [4.78, 5) is 29.5. The molecule has 0 radical (unpaired) electrons. The Hall–Kier alpha value is -1.18. The molecule has 1 amide bonds. The molecule has 7 nitrogen and oxygen atoms in total. The van der Waals surface area contributed by atoms with Gasteiger partial charge in [0.15, 0.2) is 0 Å². The molecule has 0 aliphatic carbocycles. The summed E-state index contributed by atoms with van der Waals surface area (Å²) in [6.07, 6.45) is 4.73. The van der Waals surface area contributed by atoms with Crippen LogP contribution in [0, 0.1) is 0 Å². The zero-order valence-corrected chi connectivity index (χ0v) is 14.9. The lowest BCUT2D eigenvalue weighted by Gasteiger charge is -2.38. The number of aliphatic carboxylic acids is 1. The van der Waals surface area contributed by atoms with Crippen LogP contribution >= 0.6 is 0 Å². The Labute approximate surface area is 144 Å². The molecular weight excluding hydrogens is 310 g/mol. The summed E-state index contributed by atoms with van der Waals surface area (Å²) < 4.78 is 5.71. The molecule has 0 bridgehead atoms. The molecule has 0 aromatic carbocycles. The van der Waals surface area contributed by atoms with Gasteiger partial charge in [0.25, 0.3) is 0 Å². The number of rotatable bonds is 6. The van der Waals surface area contributed by atoms with Crippen molar-refractivity contribution in [2.75, 3.05) is 52.9 Å². The van der Waals surface area contributed by atoms with E-state index in [-0.39, 0.29) is 24.6 Å². The summed E-state index contributed by atoms with van der Waals surface area (Å²) >= 11 is 0. The van der Waals surface area contributed by atoms with Crippen molar-refractivity contribution in [1.82, 2.24) is 14.7 Å². The maximum Gasteiger partial charge on any atom is 0.317 e. The molecule has 2 rings (SSSR count). The Bertz CT molecular complexity index is 424. The number of amides is 1. The number of carbonyl (C=O) groups excluding carboxylic acids is 1. The van der Waals surface area contributed by atoms with Crippen molar-refractivity contribution in [3.8, 4) is 0 Å². The van der Waals surface area contributed by atoms with Crippen molar-refractivity contribution in [1.29, 1.82) is 0 Å². The van der Waals surface area contributed by atoms with Crippen LogP contribution < -0.4 is 0 Å². The lowest BCUT2D eigenvalue weighted by molar-refractivity contribution is -0.146. The lowest BCUT2D eigenvalue weighted by atomic mass is 10.2. The first-order valence-electron chi connectivity index (χ1n) is 9.02. The van der Waals surface area contributed by atoms with Gasteiger partial charge in [0.05, 0.1) is 25.3 Å². The molecule has 2 heterocycles. The minimum atomic E-state index is -0.851. The number of likely N-dealkylation sites (tertiary alicyclic amines) is 1. The summed E-state index contributed by atoms with van der Waals surface area (Å²) in [7, 11) is 1.76. The average Bonchev–Trinajstić information content (AvgIpc) is 2.82. The quantitative estimate of drug-likeness (QED) is 0.758. The number of carboxylic acids is 1. The van der Waals surface area contributed by atoms with E-state index >= 15 is 0 Å². The molecular formula is C17H31N3O4. The molecule has 0 unspecified atom stereocenters. The van der Waals surface area contributed by atoms with Crippen molar-refractivity contribution in [2.24, 2.45) is 0 Å². The first kappa shape index (κ1) is 19.1. The van der Waals surface area contributed by atoms with Gasteiger partial charge in [-0.15, -0.1) is 0 Å². The van der Waals surface area contributed by atoms with Crippen LogP contribution in [0.15, 0.2) is 0 Å². The van der Waals surface area contributed by atoms with Crippen molar-refractivity contribution in [2.45, 2.75) is 44.8 Å². The maximum absolute atomic E-state index is 12.8. The smallest absolute Gasteiger partial charge is 0.317 e. The van der Waals surface area contributed by atoms with Gasteiger partial charge < -0.3 is 14.7 Å². The second-order valence-corrected chi connectivity index (χ2v) is 6.99. The zero-order valence-electron chi connectivity index (χ0n) is 14.9. The third kappa shape index (κ3) is 5.72. The number of morpholine rings is 1. The van der Waals surface area contributed by atoms with E-state index in [0.717, 1.165) is 13.1 Å². The molecule has 2 fully saturated rings. The molecule has 138 valence electrons. The Morgan fingerprint density at radius 1 is 1.21 bits per heavy atom. The van der Waals surface area contributed by atoms with Gasteiger partial charge >= 0.3 is 5.97 Å². The zero-order chi connectivity index (χ0) is 17.5. The fourth-order valence-corrected chi connectivity index (χ4v) is 3.58. The van der Waals surface area contributed by atoms with E-state index in [9.17, 15) is 9.59 Å². The number of likely N-dealkylation sites (N-methyl/N-ethyl adjacent to an activating group) is 1. The monoisotopic (exact) mass is 341 g/mol. The predicted octanol–water partition coefficient (Wildman–Crippen LogP) is 0.495. The third-order valence-electron chi connectivity index (χ3n) is 4.92. The predicted molar refractivity (Wildman–Crippen MR) is 91.0 cm³/mol. The standard InChI is InChI=1S/C17H31N3O4/c1-14(19-7-5-3-4-6-8-19)17(23)20-9-10-24-15(12-20)11-18(2)13-16(21)22/h14-15H,3-13H2,1-2H3,(H,21,22)/t14-,15+/m0/s1. The van der Waals surface area contributed by atoms with Gasteiger partial charge in [-0.2, -0.15) is 0 Å². The van der Waals surface area contributed by atoms with Crippen molar-refractivity contribution in [3.63, 3.8) is 0 Å². The highest BCUT2D eigenvalue weighted by atomic mass is 16.5. The van der Waals surface area contributed by atoms with Crippen molar-refractivity contribution < 1.29 is 19.4 Å². The molecule has 24 heavy (non-hydrogen) atoms. The van der Waals surface area contributed by atoms with Gasteiger partial charge in [-0.3, -0.25) is 19.4 Å². The maximum atomic E-state index is 12.8. The fourth-order valence-electron chi connectivity index (χ4n) is 3.58. The van der Waals surface area contributed by atoms with Crippen LogP contribution in [0.25, 0.3) is 0 Å². The van der Waals surface area contributed by atoms with Crippen molar-refractivity contribution >= 4 is 11.9 Å². The molecule has 0 saturated carbocycles. The third-order valence-corrected chi connectivity index (χ3v) is 4.92. The molecule has 7 heteroatoms. The Morgan fingerprint density at radius 3 is 2.50 bits per heavy atom. The van der Waals surface area contributed by atoms with Gasteiger partial charge in [0, 0.05) is 19.6 Å². The highest BCUT2D eigenvalue weighted by molar-refractivity contribution is 5.81. The number of hydrogen-bond acceptors (Lipinski definition) is 5. The van der Waals surface area contributed by atoms with Crippen LogP contribution in [-0.4, -0.2) is 96.8 Å². The van der Waals surface area contributed by atoms with Gasteiger partial charge in [-0.05, 0) is 39.9 Å². The first-order chi connectivity index (χ1) is 11.5. The molecule has 2 aliphatic rings. The molecule has 2 saturated heterocycles. The van der Waals surface area contributed by atoms with Gasteiger partial charge in [-0.25, -0.2) is 0 Å². The largest absolute Gasteiger partial charge is 0.480 e. The van der Waals surface area contributed by atoms with E-state index in [0.29, 0.717) is 26.2 Å². The van der Waals surface area contributed by atoms with Crippen LogP contribution in [0.2, 0.25) is 0 Å². The summed E-state index contributed by atoms with van der Waals surface area (Å²) in [5.41, 5.74) is 0. The summed E-state index contributed by atoms with van der Waals surface area (Å²) in [5, 5.41) is 8.84. The van der Waals surface area contributed by atoms with Gasteiger partial charge in [0.2, 0.25) is 5.91 Å². The number of carboxylic acid groups (broad SMARTS) is 1. The van der Waals surface area contributed by atoms with Crippen LogP contribution in [-0.2, 0) is 14.3 Å². The number of carbonyl (C=O) groups is 2. The SMILES string of the molecule is C[C@@H](C(=O)N1CCO[C@H](CN(C)CC(=O)O)C1)N1CCCCCC1. The summed E-state index contributed by atoms with van der Waals surface area (Å²) in [6, 6.07) is -0.0846. The Balaban J connectivity index is 1.85. The minimum Gasteiger partial charge on any atom is -0.480 e. The van der Waals surface area contributed by atoms with Gasteiger partial charge in [-0.1, -0.05) is 12.8 Å². The summed E-state index contributed by atoms with van der Waals surface area (Å²) in [6.45, 7) is 6.20. The van der Waals surface area contributed by atoms with E-state index in [1.54, 1.807) is 11.9 Å².